The standard InChI is InChI=1S/C10H9N.3C2H6/c11-10-6-5-8-3-1-2-4-9(8)7-10;3*1-2/h1-7H,11H2;3*1-2H3. The summed E-state index contributed by atoms with van der Waals surface area (Å²) in [7, 11) is 0. The molecule has 0 saturated heterocycles. The van der Waals surface area contributed by atoms with Gasteiger partial charge in [-0.1, -0.05) is 71.9 Å². The van der Waals surface area contributed by atoms with Crippen LogP contribution in [0.2, 0.25) is 0 Å². The van der Waals surface area contributed by atoms with Gasteiger partial charge in [0.15, 0.2) is 0 Å². The quantitative estimate of drug-likeness (QED) is 0.597. The molecular formula is C16H27N. The second kappa shape index (κ2) is 12.6. The second-order valence-electron chi connectivity index (χ2n) is 2.61. The van der Waals surface area contributed by atoms with Gasteiger partial charge in [0, 0.05) is 5.69 Å². The van der Waals surface area contributed by atoms with Crippen LogP contribution < -0.4 is 5.73 Å². The largest absolute Gasteiger partial charge is 0.399 e. The molecule has 0 fully saturated rings. The van der Waals surface area contributed by atoms with Crippen LogP contribution in [-0.4, -0.2) is 0 Å². The van der Waals surface area contributed by atoms with E-state index in [1.807, 2.05) is 71.9 Å². The van der Waals surface area contributed by atoms with Gasteiger partial charge in [0.2, 0.25) is 0 Å². The van der Waals surface area contributed by atoms with Gasteiger partial charge in [-0.2, -0.15) is 0 Å². The molecule has 0 heterocycles. The number of anilines is 1. The van der Waals surface area contributed by atoms with Crippen molar-refractivity contribution >= 4 is 16.5 Å². The minimum absolute atomic E-state index is 0.823. The van der Waals surface area contributed by atoms with Crippen LogP contribution in [0.3, 0.4) is 0 Å². The summed E-state index contributed by atoms with van der Waals surface area (Å²) in [5.74, 6) is 0. The van der Waals surface area contributed by atoms with Crippen molar-refractivity contribution in [1.82, 2.24) is 0 Å². The van der Waals surface area contributed by atoms with Crippen LogP contribution in [0.4, 0.5) is 5.69 Å². The van der Waals surface area contributed by atoms with Crippen molar-refractivity contribution in [2.45, 2.75) is 41.5 Å². The molecule has 2 aromatic rings. The fraction of sp³-hybridized carbons (Fsp3) is 0.375. The van der Waals surface area contributed by atoms with Crippen molar-refractivity contribution in [2.24, 2.45) is 0 Å². The van der Waals surface area contributed by atoms with E-state index in [9.17, 15) is 0 Å². The van der Waals surface area contributed by atoms with Crippen LogP contribution in [0.1, 0.15) is 41.5 Å². The molecule has 17 heavy (non-hydrogen) atoms. The van der Waals surface area contributed by atoms with Crippen LogP contribution in [-0.2, 0) is 0 Å². The summed E-state index contributed by atoms with van der Waals surface area (Å²) < 4.78 is 0. The Kier molecular flexibility index (Phi) is 13.2. The summed E-state index contributed by atoms with van der Waals surface area (Å²) in [6, 6.07) is 14.1. The van der Waals surface area contributed by atoms with Crippen molar-refractivity contribution in [3.8, 4) is 0 Å². The molecule has 0 amide bonds. The summed E-state index contributed by atoms with van der Waals surface area (Å²) >= 11 is 0. The van der Waals surface area contributed by atoms with E-state index in [2.05, 4.69) is 12.1 Å². The van der Waals surface area contributed by atoms with Crippen LogP contribution in [0, 0.1) is 0 Å². The highest BCUT2D eigenvalue weighted by atomic mass is 14.5. The van der Waals surface area contributed by atoms with Gasteiger partial charge >= 0.3 is 0 Å². The Labute approximate surface area is 107 Å². The zero-order valence-corrected chi connectivity index (χ0v) is 12.1. The molecule has 2 rings (SSSR count). The van der Waals surface area contributed by atoms with E-state index < -0.39 is 0 Å². The predicted octanol–water partition coefficient (Wildman–Crippen LogP) is 5.50. The van der Waals surface area contributed by atoms with Crippen molar-refractivity contribution in [1.29, 1.82) is 0 Å². The average molecular weight is 233 g/mol. The number of benzene rings is 2. The Hall–Kier alpha value is -1.50. The minimum atomic E-state index is 0.823. The van der Waals surface area contributed by atoms with Crippen molar-refractivity contribution in [2.75, 3.05) is 5.73 Å². The monoisotopic (exact) mass is 233 g/mol. The highest BCUT2D eigenvalue weighted by Crippen LogP contribution is 2.15. The molecule has 0 unspecified atom stereocenters. The number of nitrogens with two attached hydrogens (primary N) is 1. The van der Waals surface area contributed by atoms with Crippen LogP contribution in [0.5, 0.6) is 0 Å². The lowest BCUT2D eigenvalue weighted by molar-refractivity contribution is 1.50. The van der Waals surface area contributed by atoms with Crippen molar-refractivity contribution in [3.05, 3.63) is 42.5 Å². The van der Waals surface area contributed by atoms with Gasteiger partial charge in [0.05, 0.1) is 0 Å². The number of hydrogen-bond donors (Lipinski definition) is 1. The average Bonchev–Trinajstić information content (AvgIpc) is 2.45. The normalized spacial score (nSPS) is 7.65. The SMILES string of the molecule is CC.CC.CC.Nc1ccc2ccccc2c1. The molecule has 0 bridgehead atoms. The fourth-order valence-corrected chi connectivity index (χ4v) is 1.21. The molecule has 96 valence electrons. The topological polar surface area (TPSA) is 26.0 Å². The third kappa shape index (κ3) is 6.62. The number of hydrogen-bond acceptors (Lipinski definition) is 1. The lowest BCUT2D eigenvalue weighted by atomic mass is 10.1. The van der Waals surface area contributed by atoms with Gasteiger partial charge in [-0.05, 0) is 22.9 Å². The first-order chi connectivity index (χ1) is 8.36. The highest BCUT2D eigenvalue weighted by molar-refractivity contribution is 5.85. The molecule has 1 heteroatoms. The molecule has 0 saturated carbocycles. The maximum atomic E-state index is 5.62. The van der Waals surface area contributed by atoms with Gasteiger partial charge in [0.1, 0.15) is 0 Å². The van der Waals surface area contributed by atoms with E-state index >= 15 is 0 Å². The summed E-state index contributed by atoms with van der Waals surface area (Å²) in [5.41, 5.74) is 6.45. The molecule has 0 spiro atoms. The van der Waals surface area contributed by atoms with E-state index in [1.165, 1.54) is 10.8 Å². The Morgan fingerprint density at radius 2 is 1.12 bits per heavy atom. The van der Waals surface area contributed by atoms with E-state index in [0.29, 0.717) is 0 Å². The number of rotatable bonds is 0. The molecule has 0 atom stereocenters. The molecule has 0 aromatic heterocycles. The first-order valence-electron chi connectivity index (χ1n) is 6.60. The molecule has 0 aliphatic heterocycles. The lowest BCUT2D eigenvalue weighted by Crippen LogP contribution is -1.82. The Balaban J connectivity index is 0. The van der Waals surface area contributed by atoms with Crippen LogP contribution >= 0.6 is 0 Å². The Morgan fingerprint density at radius 1 is 0.647 bits per heavy atom. The molecular weight excluding hydrogens is 206 g/mol. The lowest BCUT2D eigenvalue weighted by Gasteiger charge is -1.96. The molecule has 0 aliphatic carbocycles. The van der Waals surface area contributed by atoms with Crippen molar-refractivity contribution in [3.63, 3.8) is 0 Å². The van der Waals surface area contributed by atoms with Gasteiger partial charge in [-0.15, -0.1) is 0 Å². The maximum Gasteiger partial charge on any atom is 0.0320 e. The number of fused-ring (bicyclic) bond motifs is 1. The summed E-state index contributed by atoms with van der Waals surface area (Å²) in [6.45, 7) is 12.0. The number of nitrogen functional groups attached to an aromatic ring is 1. The fourth-order valence-electron chi connectivity index (χ4n) is 1.21. The summed E-state index contributed by atoms with van der Waals surface area (Å²) in [6.07, 6.45) is 0. The van der Waals surface area contributed by atoms with Crippen molar-refractivity contribution < 1.29 is 0 Å². The van der Waals surface area contributed by atoms with E-state index in [-0.39, 0.29) is 0 Å². The minimum Gasteiger partial charge on any atom is -0.399 e. The third-order valence-corrected chi connectivity index (χ3v) is 1.77. The highest BCUT2D eigenvalue weighted by Gasteiger charge is 1.89. The molecule has 0 aliphatic rings. The Morgan fingerprint density at radius 3 is 1.65 bits per heavy atom. The predicted molar refractivity (Wildman–Crippen MR) is 82.4 cm³/mol. The second-order valence-corrected chi connectivity index (χ2v) is 2.61. The van der Waals surface area contributed by atoms with E-state index in [0.717, 1.165) is 5.69 Å². The zero-order chi connectivity index (χ0) is 13.7. The van der Waals surface area contributed by atoms with E-state index in [4.69, 9.17) is 5.73 Å². The van der Waals surface area contributed by atoms with Gasteiger partial charge in [-0.3, -0.25) is 0 Å². The third-order valence-electron chi connectivity index (χ3n) is 1.77. The molecule has 1 nitrogen and oxygen atoms in total. The Bertz CT molecular complexity index is 380. The first-order valence-corrected chi connectivity index (χ1v) is 6.60. The first kappa shape index (κ1) is 17.9. The van der Waals surface area contributed by atoms with Crippen LogP contribution in [0.15, 0.2) is 42.5 Å². The zero-order valence-electron chi connectivity index (χ0n) is 12.1. The van der Waals surface area contributed by atoms with Gasteiger partial charge in [-0.25, -0.2) is 0 Å². The molecule has 0 radical (unpaired) electrons. The molecule has 2 aromatic carbocycles. The molecule has 2 N–H and O–H groups in total. The summed E-state index contributed by atoms with van der Waals surface area (Å²) in [5, 5.41) is 2.44. The maximum absolute atomic E-state index is 5.62. The van der Waals surface area contributed by atoms with Crippen LogP contribution in [0.25, 0.3) is 10.8 Å². The van der Waals surface area contributed by atoms with Gasteiger partial charge in [0.25, 0.3) is 0 Å². The smallest absolute Gasteiger partial charge is 0.0320 e. The van der Waals surface area contributed by atoms with E-state index in [1.54, 1.807) is 0 Å². The van der Waals surface area contributed by atoms with Gasteiger partial charge < -0.3 is 5.73 Å². The summed E-state index contributed by atoms with van der Waals surface area (Å²) in [4.78, 5) is 0.